The molecule has 1 aliphatic carbocycles. The van der Waals surface area contributed by atoms with Crippen molar-refractivity contribution in [2.24, 2.45) is 0 Å². The number of benzene rings is 1. The second-order valence-corrected chi connectivity index (χ2v) is 5.81. The van der Waals surface area contributed by atoms with Gasteiger partial charge in [-0.25, -0.2) is 0 Å². The zero-order valence-corrected chi connectivity index (χ0v) is 15.5. The molecule has 1 fully saturated rings. The first-order valence-corrected chi connectivity index (χ1v) is 8.50. The van der Waals surface area contributed by atoms with E-state index in [2.05, 4.69) is 43.5 Å². The Bertz CT molecular complexity index is 510. The third kappa shape index (κ3) is 6.99. The minimum atomic E-state index is -0.167. The number of carbonyl (C=O) groups is 1. The molecule has 0 bridgehead atoms. The number of hydrogen-bond donors (Lipinski definition) is 0. The van der Waals surface area contributed by atoms with E-state index in [1.165, 1.54) is 12.0 Å². The summed E-state index contributed by atoms with van der Waals surface area (Å²) in [5.74, 6) is 1.20. The standard InChI is InChI=1S/C14H18O.C4H8O.C4H6/c1-2-14(11-7-6-10-13(14)15)12-8-4-3-5-9-12;1-4(2)5-3;1-3-4-2/h3-5,8-9H,2,6-7,10-11H2,1H3;1H2,2-3H3;3-4H,1-2H2. The topological polar surface area (TPSA) is 26.3 Å². The molecular weight excluding hydrogens is 296 g/mol. The molecule has 0 saturated heterocycles. The predicted octanol–water partition coefficient (Wildman–Crippen LogP) is 6.00. The van der Waals surface area contributed by atoms with Gasteiger partial charge in [0.1, 0.15) is 5.78 Å². The Morgan fingerprint density at radius 3 is 2.12 bits per heavy atom. The highest BCUT2D eigenvalue weighted by molar-refractivity contribution is 5.90. The number of methoxy groups -OCH3 is 1. The number of ketones is 1. The lowest BCUT2D eigenvalue weighted by molar-refractivity contribution is -0.126. The van der Waals surface area contributed by atoms with Gasteiger partial charge in [-0.15, -0.1) is 0 Å². The molecule has 1 saturated carbocycles. The molecule has 0 radical (unpaired) electrons. The summed E-state index contributed by atoms with van der Waals surface area (Å²) in [6.07, 6.45) is 8.28. The predicted molar refractivity (Wildman–Crippen MR) is 104 cm³/mol. The van der Waals surface area contributed by atoms with Gasteiger partial charge in [0.2, 0.25) is 0 Å². The van der Waals surface area contributed by atoms with Crippen LogP contribution in [0.1, 0.15) is 51.5 Å². The van der Waals surface area contributed by atoms with Crippen LogP contribution in [0.3, 0.4) is 0 Å². The lowest BCUT2D eigenvalue weighted by atomic mass is 9.67. The lowest BCUT2D eigenvalue weighted by Crippen LogP contribution is -2.37. The monoisotopic (exact) mass is 328 g/mol. The van der Waals surface area contributed by atoms with Crippen LogP contribution in [0.25, 0.3) is 0 Å². The van der Waals surface area contributed by atoms with Crippen LogP contribution in [-0.2, 0) is 14.9 Å². The summed E-state index contributed by atoms with van der Waals surface area (Å²) < 4.78 is 4.56. The summed E-state index contributed by atoms with van der Waals surface area (Å²) in [6, 6.07) is 10.3. The molecule has 1 aromatic carbocycles. The number of allylic oxidation sites excluding steroid dienone is 3. The van der Waals surface area contributed by atoms with E-state index in [4.69, 9.17) is 0 Å². The Labute approximate surface area is 147 Å². The maximum absolute atomic E-state index is 12.1. The Morgan fingerprint density at radius 1 is 1.21 bits per heavy atom. The van der Waals surface area contributed by atoms with E-state index in [1.54, 1.807) is 26.2 Å². The highest BCUT2D eigenvalue weighted by atomic mass is 16.5. The SMILES string of the molecule is C=C(C)OC.C=CC=C.CCC1(c2ccccc2)CCCCC1=O. The third-order valence-electron chi connectivity index (χ3n) is 4.24. The number of rotatable bonds is 4. The van der Waals surface area contributed by atoms with Gasteiger partial charge in [-0.1, -0.05) is 75.6 Å². The van der Waals surface area contributed by atoms with Crippen LogP contribution in [-0.4, -0.2) is 12.9 Å². The number of Topliss-reactive ketones (excluding diaryl/α,β-unsaturated/α-hetero) is 1. The molecule has 2 heteroatoms. The summed E-state index contributed by atoms with van der Waals surface area (Å²) >= 11 is 0. The van der Waals surface area contributed by atoms with E-state index < -0.39 is 0 Å². The molecule has 0 amide bonds. The fourth-order valence-electron chi connectivity index (χ4n) is 2.73. The van der Waals surface area contributed by atoms with Crippen LogP contribution in [0.5, 0.6) is 0 Å². The van der Waals surface area contributed by atoms with Crippen molar-refractivity contribution in [2.45, 2.75) is 51.4 Å². The molecule has 1 aromatic rings. The van der Waals surface area contributed by atoms with Crippen LogP contribution in [0.4, 0.5) is 0 Å². The van der Waals surface area contributed by atoms with Gasteiger partial charge in [0.05, 0.1) is 18.3 Å². The maximum Gasteiger partial charge on any atom is 0.143 e. The van der Waals surface area contributed by atoms with Gasteiger partial charge in [0, 0.05) is 6.42 Å². The average Bonchev–Trinajstić information content (AvgIpc) is 2.63. The first-order valence-electron chi connectivity index (χ1n) is 8.50. The second-order valence-electron chi connectivity index (χ2n) is 5.81. The Balaban J connectivity index is 0.000000492. The highest BCUT2D eigenvalue weighted by Crippen LogP contribution is 2.39. The summed E-state index contributed by atoms with van der Waals surface area (Å²) in [5.41, 5.74) is 1.05. The smallest absolute Gasteiger partial charge is 0.143 e. The minimum Gasteiger partial charge on any atom is -0.502 e. The van der Waals surface area contributed by atoms with Gasteiger partial charge in [0.25, 0.3) is 0 Å². The lowest BCUT2D eigenvalue weighted by Gasteiger charge is -2.35. The molecule has 1 unspecified atom stereocenters. The highest BCUT2D eigenvalue weighted by Gasteiger charge is 2.39. The van der Waals surface area contributed by atoms with Crippen molar-refractivity contribution in [3.63, 3.8) is 0 Å². The fourth-order valence-corrected chi connectivity index (χ4v) is 2.73. The quantitative estimate of drug-likeness (QED) is 0.500. The van der Waals surface area contributed by atoms with Gasteiger partial charge in [-0.2, -0.15) is 0 Å². The molecule has 1 atom stereocenters. The third-order valence-corrected chi connectivity index (χ3v) is 4.24. The van der Waals surface area contributed by atoms with Crippen LogP contribution < -0.4 is 0 Å². The van der Waals surface area contributed by atoms with Crippen molar-refractivity contribution in [1.29, 1.82) is 0 Å². The molecular formula is C22H32O2. The van der Waals surface area contributed by atoms with Gasteiger partial charge in [-0.05, 0) is 31.7 Å². The Morgan fingerprint density at radius 2 is 1.75 bits per heavy atom. The van der Waals surface area contributed by atoms with Crippen molar-refractivity contribution in [1.82, 2.24) is 0 Å². The zero-order valence-electron chi connectivity index (χ0n) is 15.5. The van der Waals surface area contributed by atoms with E-state index in [-0.39, 0.29) is 5.41 Å². The van der Waals surface area contributed by atoms with Gasteiger partial charge in [-0.3, -0.25) is 4.79 Å². The molecule has 2 nitrogen and oxygen atoms in total. The zero-order chi connectivity index (χ0) is 18.4. The van der Waals surface area contributed by atoms with Crippen LogP contribution in [0.15, 0.2) is 68.0 Å². The molecule has 0 heterocycles. The average molecular weight is 328 g/mol. The summed E-state index contributed by atoms with van der Waals surface area (Å²) in [5, 5.41) is 0. The summed E-state index contributed by atoms with van der Waals surface area (Å²) in [6.45, 7) is 14.1. The van der Waals surface area contributed by atoms with Gasteiger partial charge < -0.3 is 4.74 Å². The van der Waals surface area contributed by atoms with Gasteiger partial charge in [0.15, 0.2) is 0 Å². The Kier molecular flexibility index (Phi) is 11.3. The van der Waals surface area contributed by atoms with Crippen LogP contribution in [0.2, 0.25) is 0 Å². The van der Waals surface area contributed by atoms with Crippen molar-refractivity contribution in [3.05, 3.63) is 73.5 Å². The van der Waals surface area contributed by atoms with Crippen molar-refractivity contribution >= 4 is 5.78 Å². The molecule has 0 N–H and O–H groups in total. The molecule has 2 rings (SSSR count). The van der Waals surface area contributed by atoms with Crippen LogP contribution in [0, 0.1) is 0 Å². The van der Waals surface area contributed by atoms with Crippen molar-refractivity contribution in [2.75, 3.05) is 7.11 Å². The first-order chi connectivity index (χ1) is 11.5. The van der Waals surface area contributed by atoms with Gasteiger partial charge >= 0.3 is 0 Å². The number of carbonyl (C=O) groups excluding carboxylic acids is 1. The molecule has 0 aliphatic heterocycles. The first kappa shape index (κ1) is 21.9. The fraction of sp³-hybridized carbons (Fsp3) is 0.409. The molecule has 1 aliphatic rings. The summed E-state index contributed by atoms with van der Waals surface area (Å²) in [7, 11) is 1.60. The normalized spacial score (nSPS) is 18.9. The molecule has 0 aromatic heterocycles. The summed E-state index contributed by atoms with van der Waals surface area (Å²) in [4.78, 5) is 12.1. The molecule has 132 valence electrons. The molecule has 24 heavy (non-hydrogen) atoms. The van der Waals surface area contributed by atoms with Crippen molar-refractivity contribution < 1.29 is 9.53 Å². The van der Waals surface area contributed by atoms with Crippen molar-refractivity contribution in [3.8, 4) is 0 Å². The minimum absolute atomic E-state index is 0.167. The van der Waals surface area contributed by atoms with E-state index >= 15 is 0 Å². The Hall–Kier alpha value is -2.09. The largest absolute Gasteiger partial charge is 0.502 e. The number of hydrogen-bond acceptors (Lipinski definition) is 2. The van der Waals surface area contributed by atoms with Crippen LogP contribution >= 0.6 is 0 Å². The van der Waals surface area contributed by atoms with E-state index in [9.17, 15) is 4.79 Å². The maximum atomic E-state index is 12.1. The van der Waals surface area contributed by atoms with E-state index in [0.717, 1.165) is 31.4 Å². The second kappa shape index (κ2) is 12.3. The number of ether oxygens (including phenoxy) is 1. The molecule has 0 spiro atoms. The van der Waals surface area contributed by atoms with E-state index in [1.807, 2.05) is 18.2 Å². The van der Waals surface area contributed by atoms with E-state index in [0.29, 0.717) is 5.78 Å².